The van der Waals surface area contributed by atoms with Gasteiger partial charge in [0, 0.05) is 49.5 Å². The molecule has 0 bridgehead atoms. The van der Waals surface area contributed by atoms with Gasteiger partial charge < -0.3 is 9.52 Å². The topological polar surface area (TPSA) is 59.2 Å². The molecule has 0 saturated heterocycles. The van der Waals surface area contributed by atoms with Crippen LogP contribution in [-0.2, 0) is 37.3 Å². The SMILES string of the molecule is CC(C)(C)c1cc(-c2cccc3oc(-c4[c-]c(-c5cc(C(C)(C)C)cc6cccnc56)cc(-c5ccccc5)c4)nc23)c(O)c(C(C)(C)C)c1.[Pt]. The van der Waals surface area contributed by atoms with Crippen molar-refractivity contribution in [2.24, 2.45) is 0 Å². The first-order valence-electron chi connectivity index (χ1n) is 17.4. The molecule has 0 spiro atoms. The summed E-state index contributed by atoms with van der Waals surface area (Å²) in [6.07, 6.45) is 1.85. The number of nitrogens with zero attached hydrogens (tertiary/aromatic N) is 2. The Hall–Kier alpha value is -4.53. The van der Waals surface area contributed by atoms with Crippen LogP contribution in [0, 0.1) is 6.07 Å². The summed E-state index contributed by atoms with van der Waals surface area (Å²) in [5.41, 5.74) is 11.5. The van der Waals surface area contributed by atoms with E-state index >= 15 is 0 Å². The van der Waals surface area contributed by atoms with Crippen LogP contribution >= 0.6 is 0 Å². The summed E-state index contributed by atoms with van der Waals surface area (Å²) in [5.74, 6) is 0.749. The Morgan fingerprint density at radius 3 is 1.94 bits per heavy atom. The van der Waals surface area contributed by atoms with Crippen molar-refractivity contribution in [3.05, 3.63) is 126 Å². The van der Waals surface area contributed by atoms with Gasteiger partial charge in [-0.1, -0.05) is 146 Å². The van der Waals surface area contributed by atoms with E-state index < -0.39 is 0 Å². The molecule has 5 heteroatoms. The average Bonchev–Trinajstić information content (AvgIpc) is 3.52. The van der Waals surface area contributed by atoms with Crippen molar-refractivity contribution in [3.8, 4) is 50.6 Å². The first kappa shape index (κ1) is 36.3. The molecule has 7 aromatic rings. The van der Waals surface area contributed by atoms with E-state index in [9.17, 15) is 5.11 Å². The molecule has 7 rings (SSSR count). The molecule has 0 unspecified atom stereocenters. The Morgan fingerprint density at radius 1 is 0.588 bits per heavy atom. The van der Waals surface area contributed by atoms with Crippen LogP contribution in [0.3, 0.4) is 0 Å². The molecule has 0 radical (unpaired) electrons. The predicted octanol–water partition coefficient (Wildman–Crippen LogP) is 12.4. The fourth-order valence-electron chi connectivity index (χ4n) is 6.58. The maximum atomic E-state index is 11.8. The Morgan fingerprint density at radius 2 is 1.25 bits per heavy atom. The van der Waals surface area contributed by atoms with Crippen LogP contribution in [0.5, 0.6) is 5.75 Å². The Bertz CT molecular complexity index is 2390. The molecule has 0 aliphatic carbocycles. The van der Waals surface area contributed by atoms with E-state index in [1.54, 1.807) is 0 Å². The van der Waals surface area contributed by atoms with Gasteiger partial charge in [-0.15, -0.1) is 23.8 Å². The van der Waals surface area contributed by atoms with Crippen molar-refractivity contribution in [2.45, 2.75) is 78.6 Å². The molecule has 0 atom stereocenters. The molecule has 2 heterocycles. The molecular weight excluding hydrogens is 808 g/mol. The number of aromatic nitrogens is 2. The van der Waals surface area contributed by atoms with Crippen molar-refractivity contribution in [1.82, 2.24) is 9.97 Å². The summed E-state index contributed by atoms with van der Waals surface area (Å²) in [5, 5.41) is 12.9. The number of aromatic hydroxyl groups is 1. The van der Waals surface area contributed by atoms with Gasteiger partial charge in [-0.05, 0) is 56.5 Å². The third-order valence-electron chi connectivity index (χ3n) is 9.56. The van der Waals surface area contributed by atoms with E-state index in [2.05, 4.69) is 135 Å². The largest absolute Gasteiger partial charge is 0.507 e. The molecular formula is C46H45N2O2Pt-. The van der Waals surface area contributed by atoms with Gasteiger partial charge in [0.15, 0.2) is 5.89 Å². The number of pyridine rings is 1. The molecule has 51 heavy (non-hydrogen) atoms. The first-order valence-corrected chi connectivity index (χ1v) is 17.4. The van der Waals surface area contributed by atoms with Gasteiger partial charge in [0.05, 0.1) is 0 Å². The fraction of sp³-hybridized carbons (Fsp3) is 0.261. The van der Waals surface area contributed by atoms with Gasteiger partial charge in [0.1, 0.15) is 16.8 Å². The van der Waals surface area contributed by atoms with Gasteiger partial charge in [-0.25, -0.2) is 4.98 Å². The number of oxazole rings is 1. The van der Waals surface area contributed by atoms with Crippen molar-refractivity contribution in [3.63, 3.8) is 0 Å². The number of phenols is 1. The average molecular weight is 853 g/mol. The first-order chi connectivity index (χ1) is 23.6. The van der Waals surface area contributed by atoms with Crippen molar-refractivity contribution >= 4 is 22.0 Å². The summed E-state index contributed by atoms with van der Waals surface area (Å²) < 4.78 is 6.56. The van der Waals surface area contributed by atoms with Gasteiger partial charge in [-0.3, -0.25) is 4.98 Å². The van der Waals surface area contributed by atoms with E-state index in [1.165, 1.54) is 5.56 Å². The number of hydrogen-bond acceptors (Lipinski definition) is 4. The van der Waals surface area contributed by atoms with E-state index in [4.69, 9.17) is 14.4 Å². The maximum absolute atomic E-state index is 11.8. The van der Waals surface area contributed by atoms with Crippen LogP contribution in [0.2, 0.25) is 0 Å². The van der Waals surface area contributed by atoms with Gasteiger partial charge in [0.25, 0.3) is 0 Å². The third-order valence-corrected chi connectivity index (χ3v) is 9.56. The zero-order valence-corrected chi connectivity index (χ0v) is 33.2. The van der Waals surface area contributed by atoms with Crippen LogP contribution < -0.4 is 0 Å². The molecule has 0 fully saturated rings. The third kappa shape index (κ3) is 7.04. The Kier molecular flexibility index (Phi) is 9.40. The van der Waals surface area contributed by atoms with Crippen LogP contribution in [0.4, 0.5) is 0 Å². The molecule has 2 aromatic heterocycles. The molecule has 0 aliphatic rings. The normalized spacial score (nSPS) is 12.3. The minimum Gasteiger partial charge on any atom is -0.507 e. The van der Waals surface area contributed by atoms with E-state index in [0.29, 0.717) is 17.0 Å². The smallest absolute Gasteiger partial charge is 0.159 e. The number of benzene rings is 5. The zero-order valence-electron chi connectivity index (χ0n) is 30.9. The molecule has 0 aliphatic heterocycles. The van der Waals surface area contributed by atoms with Crippen LogP contribution in [0.15, 0.2) is 108 Å². The minimum absolute atomic E-state index is 0. The molecule has 0 amide bonds. The monoisotopic (exact) mass is 852 g/mol. The van der Waals surface area contributed by atoms with Gasteiger partial charge in [-0.2, -0.15) is 0 Å². The Balaban J connectivity index is 0.00000448. The second-order valence-corrected chi connectivity index (χ2v) is 16.5. The fourth-order valence-corrected chi connectivity index (χ4v) is 6.58. The number of para-hydroxylation sites is 1. The Labute approximate surface area is 316 Å². The molecule has 4 nitrogen and oxygen atoms in total. The molecule has 5 aromatic carbocycles. The molecule has 0 saturated carbocycles. The number of hydrogen-bond donors (Lipinski definition) is 1. The number of rotatable bonds is 4. The van der Waals surface area contributed by atoms with Crippen molar-refractivity contribution < 1.29 is 30.6 Å². The predicted molar refractivity (Wildman–Crippen MR) is 208 cm³/mol. The zero-order chi connectivity index (χ0) is 35.6. The number of fused-ring (bicyclic) bond motifs is 2. The molecule has 262 valence electrons. The summed E-state index contributed by atoms with van der Waals surface area (Å²) >= 11 is 0. The van der Waals surface area contributed by atoms with Crippen LogP contribution in [-0.4, -0.2) is 15.1 Å². The second-order valence-electron chi connectivity index (χ2n) is 16.5. The summed E-state index contributed by atoms with van der Waals surface area (Å²) in [6.45, 7) is 19.7. The number of phenolic OH excluding ortho intramolecular Hbond substituents is 1. The second kappa shape index (κ2) is 13.2. The standard InChI is InChI=1S/C46H45N2O2.Pt/c1-44(2,3)33-24-29-17-14-20-47-40(29)36(25-33)31-21-30(28-15-11-10-12-16-28)22-32(23-31)43-48-41-35(18-13-19-39(41)50-43)37-26-34(45(4,5)6)27-38(42(37)49)46(7,8)9;/h10-22,24-27,49H,1-9H3;/q-1;. The van der Waals surface area contributed by atoms with Gasteiger partial charge in [0.2, 0.25) is 0 Å². The quantitative estimate of drug-likeness (QED) is 0.179. The van der Waals surface area contributed by atoms with Crippen molar-refractivity contribution in [1.29, 1.82) is 0 Å². The van der Waals surface area contributed by atoms with E-state index in [0.717, 1.165) is 61.0 Å². The van der Waals surface area contributed by atoms with Crippen LogP contribution in [0.25, 0.3) is 66.8 Å². The summed E-state index contributed by atoms with van der Waals surface area (Å²) in [4.78, 5) is 9.99. The van der Waals surface area contributed by atoms with Crippen molar-refractivity contribution in [2.75, 3.05) is 0 Å². The minimum atomic E-state index is -0.254. The van der Waals surface area contributed by atoms with E-state index in [1.807, 2.05) is 36.5 Å². The summed E-state index contributed by atoms with van der Waals surface area (Å²) in [7, 11) is 0. The van der Waals surface area contributed by atoms with Crippen LogP contribution in [0.1, 0.15) is 79.0 Å². The van der Waals surface area contributed by atoms with E-state index in [-0.39, 0.29) is 43.1 Å². The van der Waals surface area contributed by atoms with Gasteiger partial charge >= 0.3 is 0 Å². The maximum Gasteiger partial charge on any atom is 0.159 e. The molecule has 1 N–H and O–H groups in total. The summed E-state index contributed by atoms with van der Waals surface area (Å²) in [6, 6.07) is 37.2.